The number of piperazine rings is 1. The molecule has 1 unspecified atom stereocenters. The Balaban J connectivity index is 1.80. The number of esters is 1. The molecule has 0 aliphatic carbocycles. The number of ether oxygens (including phenoxy) is 1. The van der Waals surface area contributed by atoms with Crippen molar-refractivity contribution in [3.05, 3.63) is 29.8 Å². The Hall–Kier alpha value is -1.94. The number of carbonyl (C=O) groups is 2. The SMILES string of the molecule is COC(=O)C(N)CCC(=O)N1CCN(Cc2ccccc2B(O)O)CC1. The molecule has 4 N–H and O–H groups in total. The summed E-state index contributed by atoms with van der Waals surface area (Å²) in [7, 11) is -0.218. The van der Waals surface area contributed by atoms with Crippen LogP contribution in [0.5, 0.6) is 0 Å². The van der Waals surface area contributed by atoms with E-state index < -0.39 is 19.1 Å². The zero-order chi connectivity index (χ0) is 19.1. The maximum atomic E-state index is 12.3. The predicted octanol–water partition coefficient (Wildman–Crippen LogP) is -1.71. The van der Waals surface area contributed by atoms with Crippen molar-refractivity contribution in [2.45, 2.75) is 25.4 Å². The Morgan fingerprint density at radius 3 is 2.50 bits per heavy atom. The lowest BCUT2D eigenvalue weighted by molar-refractivity contribution is -0.142. The van der Waals surface area contributed by atoms with Crippen LogP contribution in [0.4, 0.5) is 0 Å². The van der Waals surface area contributed by atoms with Crippen molar-refractivity contribution >= 4 is 24.5 Å². The Kier molecular flexibility index (Phi) is 7.58. The molecule has 9 heteroatoms. The second kappa shape index (κ2) is 9.68. The monoisotopic (exact) mass is 363 g/mol. The third-order valence-electron chi connectivity index (χ3n) is 4.63. The Labute approximate surface area is 153 Å². The van der Waals surface area contributed by atoms with Gasteiger partial charge < -0.3 is 25.4 Å². The minimum Gasteiger partial charge on any atom is -0.468 e. The van der Waals surface area contributed by atoms with Crippen LogP contribution < -0.4 is 11.2 Å². The molecule has 8 nitrogen and oxygen atoms in total. The zero-order valence-corrected chi connectivity index (χ0v) is 15.0. The second-order valence-corrected chi connectivity index (χ2v) is 6.40. The number of rotatable bonds is 7. The molecule has 1 aliphatic rings. The maximum Gasteiger partial charge on any atom is 0.488 e. The minimum atomic E-state index is -1.49. The van der Waals surface area contributed by atoms with E-state index in [2.05, 4.69) is 9.64 Å². The van der Waals surface area contributed by atoms with Crippen LogP contribution in [-0.4, -0.2) is 78.2 Å². The third kappa shape index (κ3) is 5.53. The molecule has 0 bridgehead atoms. The molecular formula is C17H26BN3O5. The highest BCUT2D eigenvalue weighted by Crippen LogP contribution is 2.10. The first-order valence-electron chi connectivity index (χ1n) is 8.70. The van der Waals surface area contributed by atoms with Gasteiger partial charge in [0.1, 0.15) is 6.04 Å². The van der Waals surface area contributed by atoms with Gasteiger partial charge in [0.25, 0.3) is 0 Å². The summed E-state index contributed by atoms with van der Waals surface area (Å²) in [4.78, 5) is 27.5. The van der Waals surface area contributed by atoms with Crippen molar-refractivity contribution < 1.29 is 24.4 Å². The minimum absolute atomic E-state index is 0.0183. The molecule has 142 valence electrons. The fraction of sp³-hybridized carbons (Fsp3) is 0.529. The van der Waals surface area contributed by atoms with Crippen LogP contribution in [0.25, 0.3) is 0 Å². The summed E-state index contributed by atoms with van der Waals surface area (Å²) < 4.78 is 4.56. The highest BCUT2D eigenvalue weighted by molar-refractivity contribution is 6.59. The van der Waals surface area contributed by atoms with E-state index in [9.17, 15) is 19.6 Å². The summed E-state index contributed by atoms with van der Waals surface area (Å²) in [6, 6.07) is 6.44. The summed E-state index contributed by atoms with van der Waals surface area (Å²) in [6.07, 6.45) is 0.489. The van der Waals surface area contributed by atoms with E-state index >= 15 is 0 Å². The van der Waals surface area contributed by atoms with E-state index in [1.165, 1.54) is 7.11 Å². The number of benzene rings is 1. The summed E-state index contributed by atoms with van der Waals surface area (Å²) in [5, 5.41) is 18.9. The van der Waals surface area contributed by atoms with Gasteiger partial charge in [0.2, 0.25) is 5.91 Å². The molecule has 1 aliphatic heterocycles. The van der Waals surface area contributed by atoms with Crippen molar-refractivity contribution in [2.75, 3.05) is 33.3 Å². The van der Waals surface area contributed by atoms with E-state index in [1.807, 2.05) is 12.1 Å². The van der Waals surface area contributed by atoms with E-state index in [0.717, 1.165) is 5.56 Å². The number of hydrogen-bond donors (Lipinski definition) is 3. The fourth-order valence-electron chi connectivity index (χ4n) is 3.03. The van der Waals surface area contributed by atoms with Crippen LogP contribution in [0.3, 0.4) is 0 Å². The fourth-order valence-corrected chi connectivity index (χ4v) is 3.03. The average molecular weight is 363 g/mol. The lowest BCUT2D eigenvalue weighted by Crippen LogP contribution is -2.49. The van der Waals surface area contributed by atoms with Crippen molar-refractivity contribution in [3.8, 4) is 0 Å². The molecule has 26 heavy (non-hydrogen) atoms. The first-order valence-corrected chi connectivity index (χ1v) is 8.70. The van der Waals surface area contributed by atoms with Crippen LogP contribution in [0.1, 0.15) is 18.4 Å². The topological polar surface area (TPSA) is 116 Å². The Bertz CT molecular complexity index is 620. The highest BCUT2D eigenvalue weighted by Gasteiger charge is 2.24. The molecule has 1 aromatic carbocycles. The van der Waals surface area contributed by atoms with Crippen molar-refractivity contribution in [2.24, 2.45) is 5.73 Å². The zero-order valence-electron chi connectivity index (χ0n) is 15.0. The molecule has 0 aromatic heterocycles. The first-order chi connectivity index (χ1) is 12.4. The number of carbonyl (C=O) groups excluding carboxylic acids is 2. The third-order valence-corrected chi connectivity index (χ3v) is 4.63. The Morgan fingerprint density at radius 2 is 1.88 bits per heavy atom. The molecule has 0 radical (unpaired) electrons. The van der Waals surface area contributed by atoms with E-state index in [4.69, 9.17) is 5.73 Å². The molecule has 1 heterocycles. The molecule has 0 spiro atoms. The smallest absolute Gasteiger partial charge is 0.468 e. The number of nitrogens with zero attached hydrogens (tertiary/aromatic N) is 2. The molecule has 1 amide bonds. The molecule has 1 saturated heterocycles. The maximum absolute atomic E-state index is 12.3. The molecular weight excluding hydrogens is 337 g/mol. The summed E-state index contributed by atoms with van der Waals surface area (Å²) in [6.45, 7) is 3.19. The molecule has 1 atom stereocenters. The van der Waals surface area contributed by atoms with E-state index in [-0.39, 0.29) is 18.7 Å². The van der Waals surface area contributed by atoms with Gasteiger partial charge in [0, 0.05) is 39.1 Å². The van der Waals surface area contributed by atoms with Gasteiger partial charge in [-0.05, 0) is 17.4 Å². The van der Waals surface area contributed by atoms with Gasteiger partial charge in [0.05, 0.1) is 7.11 Å². The number of methoxy groups -OCH3 is 1. The molecule has 0 saturated carbocycles. The van der Waals surface area contributed by atoms with E-state index in [0.29, 0.717) is 38.2 Å². The van der Waals surface area contributed by atoms with Crippen LogP contribution in [0.15, 0.2) is 24.3 Å². The standard InChI is InChI=1S/C17H26BN3O5/c1-26-17(23)15(19)6-7-16(22)21-10-8-20(9-11-21)12-13-4-2-3-5-14(13)18(24)25/h2-5,15,24-25H,6-12,19H2,1H3. The van der Waals surface area contributed by atoms with Crippen molar-refractivity contribution in [1.82, 2.24) is 9.80 Å². The van der Waals surface area contributed by atoms with Gasteiger partial charge in [-0.25, -0.2) is 0 Å². The Morgan fingerprint density at radius 1 is 1.23 bits per heavy atom. The van der Waals surface area contributed by atoms with Gasteiger partial charge in [-0.15, -0.1) is 0 Å². The first kappa shape index (κ1) is 20.4. The van der Waals surface area contributed by atoms with Crippen LogP contribution in [0.2, 0.25) is 0 Å². The highest BCUT2D eigenvalue weighted by atomic mass is 16.5. The van der Waals surface area contributed by atoms with E-state index in [1.54, 1.807) is 17.0 Å². The van der Waals surface area contributed by atoms with Crippen molar-refractivity contribution in [3.63, 3.8) is 0 Å². The molecule has 2 rings (SSSR count). The van der Waals surface area contributed by atoms with Gasteiger partial charge in [-0.1, -0.05) is 24.3 Å². The summed E-state index contributed by atoms with van der Waals surface area (Å²) in [5.41, 5.74) is 7.03. The number of hydrogen-bond acceptors (Lipinski definition) is 7. The summed E-state index contributed by atoms with van der Waals surface area (Å²) in [5.74, 6) is -0.525. The lowest BCUT2D eigenvalue weighted by atomic mass is 9.77. The molecule has 1 aromatic rings. The number of amides is 1. The lowest BCUT2D eigenvalue weighted by Gasteiger charge is -2.35. The van der Waals surface area contributed by atoms with Crippen LogP contribution in [-0.2, 0) is 20.9 Å². The number of nitrogens with two attached hydrogens (primary N) is 1. The van der Waals surface area contributed by atoms with Gasteiger partial charge in [0.15, 0.2) is 0 Å². The van der Waals surface area contributed by atoms with Crippen LogP contribution in [0, 0.1) is 0 Å². The molecule has 1 fully saturated rings. The van der Waals surface area contributed by atoms with Gasteiger partial charge >= 0.3 is 13.1 Å². The quantitative estimate of drug-likeness (QED) is 0.390. The predicted molar refractivity (Wildman–Crippen MR) is 97.4 cm³/mol. The summed E-state index contributed by atoms with van der Waals surface area (Å²) >= 11 is 0. The van der Waals surface area contributed by atoms with Crippen molar-refractivity contribution in [1.29, 1.82) is 0 Å². The van der Waals surface area contributed by atoms with Gasteiger partial charge in [-0.2, -0.15) is 0 Å². The van der Waals surface area contributed by atoms with Crippen LogP contribution >= 0.6 is 0 Å². The average Bonchev–Trinajstić information content (AvgIpc) is 2.66. The normalized spacial score (nSPS) is 16.2. The second-order valence-electron chi connectivity index (χ2n) is 6.40. The largest absolute Gasteiger partial charge is 0.488 e. The van der Waals surface area contributed by atoms with Gasteiger partial charge in [-0.3, -0.25) is 14.5 Å².